The third-order valence-electron chi connectivity index (χ3n) is 6.24. The molecular weight excluding hydrogens is 719 g/mol. The van der Waals surface area contributed by atoms with Gasteiger partial charge in [-0.15, -0.1) is 0 Å². The Morgan fingerprint density at radius 1 is 0.846 bits per heavy atom. The summed E-state index contributed by atoms with van der Waals surface area (Å²) in [7, 11) is 1.27. The average molecular weight is 748 g/mol. The third-order valence-corrected chi connectivity index (χ3v) is 6.53. The SMILES string of the molecule is CCOC(=O)COC(=O)c1cc(Oc2ccc(C(F)(F)F)cc2Cl)ccc1[N+](=O)[O-].COC(=O)Nc1cccc(OC(=O)Nc2cccc(C)c2)c1. The quantitative estimate of drug-likeness (QED) is 0.0686. The van der Waals surface area contributed by atoms with E-state index in [-0.39, 0.29) is 23.1 Å². The molecule has 4 aromatic carbocycles. The molecule has 0 spiro atoms. The number of ether oxygens (including phenoxy) is 5. The number of nitro groups is 1. The number of carbonyl (C=O) groups excluding carboxylic acids is 4. The Balaban J connectivity index is 0.000000294. The molecule has 0 unspecified atom stereocenters. The molecule has 14 nitrogen and oxygen atoms in total. The van der Waals surface area contributed by atoms with Crippen molar-refractivity contribution in [2.45, 2.75) is 20.0 Å². The number of halogens is 4. The molecule has 274 valence electrons. The lowest BCUT2D eigenvalue weighted by atomic mass is 10.1. The molecule has 0 aromatic heterocycles. The van der Waals surface area contributed by atoms with E-state index in [0.717, 1.165) is 35.9 Å². The standard InChI is InChI=1S/C18H13ClF3NO7.C16H16N2O4/c1-2-28-16(24)9-29-17(25)12-8-11(4-5-14(12)23(26)27)30-15-6-3-10(7-13(15)19)18(20,21)22;1-11-5-3-6-12(9-11)18-16(20)22-14-8-4-7-13(10-14)17-15(19)21-2/h3-8H,2,9H2,1H3;3-10H,1-2H3,(H,17,19)(H,18,20). The van der Waals surface area contributed by atoms with Crippen molar-refractivity contribution in [1.29, 1.82) is 0 Å². The lowest BCUT2D eigenvalue weighted by molar-refractivity contribution is -0.385. The van der Waals surface area contributed by atoms with Crippen LogP contribution >= 0.6 is 11.6 Å². The van der Waals surface area contributed by atoms with Crippen LogP contribution in [-0.2, 0) is 25.2 Å². The van der Waals surface area contributed by atoms with Gasteiger partial charge in [-0.3, -0.25) is 20.7 Å². The molecule has 0 bridgehead atoms. The highest BCUT2D eigenvalue weighted by atomic mass is 35.5. The number of alkyl halides is 3. The van der Waals surface area contributed by atoms with Crippen LogP contribution in [0.25, 0.3) is 0 Å². The number of hydrogen-bond donors (Lipinski definition) is 2. The van der Waals surface area contributed by atoms with Crippen molar-refractivity contribution in [2.75, 3.05) is 31.0 Å². The second-order valence-electron chi connectivity index (χ2n) is 10.1. The number of hydrogen-bond acceptors (Lipinski definition) is 11. The monoisotopic (exact) mass is 747 g/mol. The highest BCUT2D eigenvalue weighted by Crippen LogP contribution is 2.37. The lowest BCUT2D eigenvalue weighted by Crippen LogP contribution is -2.17. The molecule has 0 aliphatic rings. The maximum Gasteiger partial charge on any atom is 0.417 e. The van der Waals surface area contributed by atoms with Crippen molar-refractivity contribution in [2.24, 2.45) is 0 Å². The first-order chi connectivity index (χ1) is 24.6. The number of methoxy groups -OCH3 is 1. The van der Waals surface area contributed by atoms with E-state index in [1.165, 1.54) is 20.1 Å². The van der Waals surface area contributed by atoms with Crippen molar-refractivity contribution in [1.82, 2.24) is 0 Å². The zero-order valence-corrected chi connectivity index (χ0v) is 28.2. The van der Waals surface area contributed by atoms with Crippen LogP contribution in [0.4, 0.5) is 39.8 Å². The van der Waals surface area contributed by atoms with Crippen LogP contribution in [0.1, 0.15) is 28.4 Å². The molecule has 52 heavy (non-hydrogen) atoms. The summed E-state index contributed by atoms with van der Waals surface area (Å²) in [5, 5.41) is 15.9. The fourth-order valence-corrected chi connectivity index (χ4v) is 4.19. The van der Waals surface area contributed by atoms with E-state index < -0.39 is 58.6 Å². The Labute approximate surface area is 298 Å². The van der Waals surface area contributed by atoms with E-state index in [1.54, 1.807) is 24.3 Å². The van der Waals surface area contributed by atoms with Gasteiger partial charge in [-0.1, -0.05) is 29.8 Å². The summed E-state index contributed by atoms with van der Waals surface area (Å²) in [6.45, 7) is 2.75. The van der Waals surface area contributed by atoms with E-state index in [1.807, 2.05) is 25.1 Å². The van der Waals surface area contributed by atoms with Crippen LogP contribution in [0.5, 0.6) is 17.2 Å². The predicted molar refractivity (Wildman–Crippen MR) is 180 cm³/mol. The molecule has 4 aromatic rings. The first-order valence-electron chi connectivity index (χ1n) is 14.8. The number of anilines is 2. The Kier molecular flexibility index (Phi) is 14.3. The topological polar surface area (TPSA) is 182 Å². The van der Waals surface area contributed by atoms with Gasteiger partial charge in [-0.2, -0.15) is 13.2 Å². The van der Waals surface area contributed by atoms with Gasteiger partial charge in [0.2, 0.25) is 0 Å². The smallest absolute Gasteiger partial charge is 0.417 e. The van der Waals surface area contributed by atoms with Crippen LogP contribution < -0.4 is 20.1 Å². The molecule has 0 saturated heterocycles. The van der Waals surface area contributed by atoms with E-state index in [9.17, 15) is 42.5 Å². The van der Waals surface area contributed by atoms with Gasteiger partial charge >= 0.3 is 30.3 Å². The third kappa shape index (κ3) is 12.5. The van der Waals surface area contributed by atoms with Gasteiger partial charge < -0.3 is 23.7 Å². The molecule has 0 saturated carbocycles. The highest BCUT2D eigenvalue weighted by Gasteiger charge is 2.31. The van der Waals surface area contributed by atoms with Gasteiger partial charge in [-0.25, -0.2) is 19.2 Å². The minimum absolute atomic E-state index is 0.0493. The van der Waals surface area contributed by atoms with Crippen molar-refractivity contribution in [3.05, 3.63) is 117 Å². The summed E-state index contributed by atoms with van der Waals surface area (Å²) in [6, 6.07) is 19.2. The molecule has 4 rings (SSSR count). The van der Waals surface area contributed by atoms with Crippen molar-refractivity contribution >= 4 is 52.8 Å². The second kappa shape index (κ2) is 18.6. The van der Waals surface area contributed by atoms with Crippen LogP contribution in [0.2, 0.25) is 5.02 Å². The van der Waals surface area contributed by atoms with E-state index in [2.05, 4.69) is 20.1 Å². The Morgan fingerprint density at radius 2 is 1.52 bits per heavy atom. The Hall–Kier alpha value is -6.36. The highest BCUT2D eigenvalue weighted by molar-refractivity contribution is 6.32. The number of nitro benzene ring substituents is 1. The van der Waals surface area contributed by atoms with Gasteiger partial charge in [0.1, 0.15) is 22.8 Å². The maximum atomic E-state index is 12.7. The second-order valence-corrected chi connectivity index (χ2v) is 10.5. The van der Waals surface area contributed by atoms with Gasteiger partial charge in [0.15, 0.2) is 6.61 Å². The molecular formula is C34H29ClF3N3O11. The number of carbonyl (C=O) groups is 4. The molecule has 0 aliphatic carbocycles. The normalized spacial score (nSPS) is 10.4. The number of benzene rings is 4. The van der Waals surface area contributed by atoms with Crippen molar-refractivity contribution in [3.8, 4) is 17.2 Å². The fraction of sp³-hybridized carbons (Fsp3) is 0.176. The summed E-state index contributed by atoms with van der Waals surface area (Å²) in [5.41, 5.74) is -0.0186. The number of amides is 2. The lowest BCUT2D eigenvalue weighted by Gasteiger charge is -2.12. The average Bonchev–Trinajstić information content (AvgIpc) is 3.08. The maximum absolute atomic E-state index is 12.7. The van der Waals surface area contributed by atoms with Crippen molar-refractivity contribution < 1.29 is 61.0 Å². The molecule has 18 heteroatoms. The van der Waals surface area contributed by atoms with E-state index >= 15 is 0 Å². The minimum atomic E-state index is -4.61. The molecule has 2 amide bonds. The van der Waals surface area contributed by atoms with Crippen LogP contribution in [0.3, 0.4) is 0 Å². The molecule has 0 atom stereocenters. The summed E-state index contributed by atoms with van der Waals surface area (Å²) in [4.78, 5) is 56.7. The van der Waals surface area contributed by atoms with Gasteiger partial charge in [-0.05, 0) is 67.9 Å². The zero-order chi connectivity index (χ0) is 38.4. The van der Waals surface area contributed by atoms with Gasteiger partial charge in [0.25, 0.3) is 5.69 Å². The number of nitrogens with one attached hydrogen (secondary N) is 2. The van der Waals surface area contributed by atoms with Gasteiger partial charge in [0.05, 0.1) is 29.2 Å². The minimum Gasteiger partial charge on any atom is -0.463 e. The first kappa shape index (κ1) is 40.1. The molecule has 2 N–H and O–H groups in total. The number of esters is 2. The Morgan fingerprint density at radius 3 is 2.13 bits per heavy atom. The first-order valence-corrected chi connectivity index (χ1v) is 15.1. The van der Waals surface area contributed by atoms with Crippen molar-refractivity contribution in [3.63, 3.8) is 0 Å². The number of aryl methyl sites for hydroxylation is 1. The van der Waals surface area contributed by atoms with Crippen LogP contribution in [-0.4, -0.2) is 49.4 Å². The summed E-state index contributed by atoms with van der Waals surface area (Å²) >= 11 is 5.81. The number of nitrogens with zero attached hydrogens (tertiary/aromatic N) is 1. The Bertz CT molecular complexity index is 1940. The van der Waals surface area contributed by atoms with E-state index in [0.29, 0.717) is 23.2 Å². The number of rotatable bonds is 10. The zero-order valence-electron chi connectivity index (χ0n) is 27.4. The van der Waals surface area contributed by atoms with E-state index in [4.69, 9.17) is 25.8 Å². The molecule has 0 aliphatic heterocycles. The van der Waals surface area contributed by atoms with Crippen LogP contribution in [0.15, 0.2) is 84.9 Å². The molecule has 0 radical (unpaired) electrons. The van der Waals surface area contributed by atoms with Crippen LogP contribution in [0, 0.1) is 17.0 Å². The fourth-order valence-electron chi connectivity index (χ4n) is 3.97. The molecule has 0 fully saturated rings. The summed E-state index contributed by atoms with van der Waals surface area (Å²) in [5.74, 6) is -2.05. The summed E-state index contributed by atoms with van der Waals surface area (Å²) in [6.07, 6.45) is -5.81. The largest absolute Gasteiger partial charge is 0.463 e. The summed E-state index contributed by atoms with van der Waals surface area (Å²) < 4.78 is 62.4. The predicted octanol–water partition coefficient (Wildman–Crippen LogP) is 8.56. The molecule has 0 heterocycles. The van der Waals surface area contributed by atoms with Gasteiger partial charge in [0, 0.05) is 29.6 Å².